The van der Waals surface area contributed by atoms with Crippen molar-refractivity contribution in [2.45, 2.75) is 52.0 Å². The highest BCUT2D eigenvalue weighted by Gasteiger charge is 2.37. The van der Waals surface area contributed by atoms with Crippen LogP contribution in [0.25, 0.3) is 0 Å². The van der Waals surface area contributed by atoms with Crippen LogP contribution in [0.5, 0.6) is 0 Å². The Morgan fingerprint density at radius 3 is 2.37 bits per heavy atom. The lowest BCUT2D eigenvalue weighted by atomic mass is 9.66. The molecule has 1 aliphatic carbocycles. The van der Waals surface area contributed by atoms with E-state index in [1.807, 2.05) is 14.1 Å². The van der Waals surface area contributed by atoms with Crippen LogP contribution in [-0.2, 0) is 4.79 Å². The normalized spacial score (nSPS) is 19.3. The molecule has 0 aromatic heterocycles. The Labute approximate surface area is 118 Å². The smallest absolute Gasteiger partial charge is 0.220 e. The van der Waals surface area contributed by atoms with Gasteiger partial charge in [-0.1, -0.05) is 20.3 Å². The summed E-state index contributed by atoms with van der Waals surface area (Å²) in [5, 5.41) is 3.20. The first-order chi connectivity index (χ1) is 8.87. The van der Waals surface area contributed by atoms with E-state index < -0.39 is 0 Å². The van der Waals surface area contributed by atoms with Gasteiger partial charge in [0.1, 0.15) is 0 Å². The predicted molar refractivity (Wildman–Crippen MR) is 79.9 cm³/mol. The molecule has 1 atom stereocenters. The van der Waals surface area contributed by atoms with E-state index in [-0.39, 0.29) is 17.4 Å². The summed E-state index contributed by atoms with van der Waals surface area (Å²) in [6.45, 7) is 5.94. The Hall–Kier alpha value is -0.610. The molecule has 0 aromatic rings. The van der Waals surface area contributed by atoms with Crippen LogP contribution in [0.2, 0.25) is 0 Å². The Morgan fingerprint density at radius 1 is 1.37 bits per heavy atom. The number of nitrogens with zero attached hydrogens (tertiary/aromatic N) is 1. The Morgan fingerprint density at radius 2 is 2.00 bits per heavy atom. The Balaban J connectivity index is 2.45. The largest absolute Gasteiger partial charge is 0.352 e. The summed E-state index contributed by atoms with van der Waals surface area (Å²) in [7, 11) is 4.10. The number of hydrogen-bond donors (Lipinski definition) is 2. The van der Waals surface area contributed by atoms with Crippen LogP contribution < -0.4 is 11.1 Å². The number of nitrogens with two attached hydrogens (primary N) is 1. The molecule has 0 spiro atoms. The summed E-state index contributed by atoms with van der Waals surface area (Å²) in [6.07, 6.45) is 5.07. The van der Waals surface area contributed by atoms with Gasteiger partial charge in [-0.3, -0.25) is 4.79 Å². The van der Waals surface area contributed by atoms with Gasteiger partial charge < -0.3 is 16.0 Å². The molecule has 4 heteroatoms. The van der Waals surface area contributed by atoms with Gasteiger partial charge >= 0.3 is 0 Å². The van der Waals surface area contributed by atoms with Crippen LogP contribution in [0.1, 0.15) is 46.0 Å². The molecule has 0 heterocycles. The lowest BCUT2D eigenvalue weighted by molar-refractivity contribution is -0.125. The van der Waals surface area contributed by atoms with Crippen molar-refractivity contribution in [1.29, 1.82) is 0 Å². The molecule has 112 valence electrons. The lowest BCUT2D eigenvalue weighted by Gasteiger charge is -2.40. The second kappa shape index (κ2) is 7.25. The summed E-state index contributed by atoms with van der Waals surface area (Å²) in [4.78, 5) is 14.3. The molecule has 1 fully saturated rings. The fourth-order valence-electron chi connectivity index (χ4n) is 2.94. The van der Waals surface area contributed by atoms with E-state index in [1.165, 1.54) is 6.42 Å². The van der Waals surface area contributed by atoms with Crippen LogP contribution in [-0.4, -0.2) is 44.0 Å². The molecule has 0 aromatic carbocycles. The zero-order valence-corrected chi connectivity index (χ0v) is 13.0. The third-order valence-electron chi connectivity index (χ3n) is 4.09. The zero-order chi connectivity index (χ0) is 14.5. The van der Waals surface area contributed by atoms with Crippen molar-refractivity contribution in [2.75, 3.05) is 27.2 Å². The van der Waals surface area contributed by atoms with Gasteiger partial charge in [-0.25, -0.2) is 0 Å². The maximum absolute atomic E-state index is 12.2. The van der Waals surface area contributed by atoms with E-state index in [2.05, 4.69) is 24.1 Å². The minimum Gasteiger partial charge on any atom is -0.352 e. The maximum Gasteiger partial charge on any atom is 0.220 e. The predicted octanol–water partition coefficient (Wildman–Crippen LogP) is 1.60. The van der Waals surface area contributed by atoms with Crippen molar-refractivity contribution in [3.63, 3.8) is 0 Å². The molecule has 0 radical (unpaired) electrons. The first-order valence-electron chi connectivity index (χ1n) is 7.51. The van der Waals surface area contributed by atoms with E-state index in [1.54, 1.807) is 0 Å². The third-order valence-corrected chi connectivity index (χ3v) is 4.09. The third kappa shape index (κ3) is 5.49. The van der Waals surface area contributed by atoms with Gasteiger partial charge in [0.15, 0.2) is 0 Å². The monoisotopic (exact) mass is 269 g/mol. The SMILES string of the molecule is CC(C)CC(CN(C)C)NC(=O)CC1(CN)CCC1. The molecule has 1 aliphatic rings. The standard InChI is InChI=1S/C15H31N3O/c1-12(2)8-13(10-18(3)4)17-14(19)9-15(11-16)6-5-7-15/h12-13H,5-11,16H2,1-4H3,(H,17,19). The van der Waals surface area contributed by atoms with E-state index in [9.17, 15) is 4.79 Å². The minimum absolute atomic E-state index is 0.102. The molecular weight excluding hydrogens is 238 g/mol. The van der Waals surface area contributed by atoms with Crippen LogP contribution in [0.3, 0.4) is 0 Å². The summed E-state index contributed by atoms with van der Waals surface area (Å²) in [5.74, 6) is 0.773. The van der Waals surface area contributed by atoms with Crippen molar-refractivity contribution in [1.82, 2.24) is 10.2 Å². The second-order valence-electron chi connectivity index (χ2n) is 6.89. The molecule has 1 amide bonds. The zero-order valence-electron chi connectivity index (χ0n) is 13.0. The van der Waals surface area contributed by atoms with Crippen LogP contribution in [0.15, 0.2) is 0 Å². The molecule has 19 heavy (non-hydrogen) atoms. The molecule has 0 saturated heterocycles. The summed E-state index contributed by atoms with van der Waals surface area (Å²) >= 11 is 0. The van der Waals surface area contributed by atoms with Gasteiger partial charge in [0.2, 0.25) is 5.91 Å². The van der Waals surface area contributed by atoms with Crippen LogP contribution in [0, 0.1) is 11.3 Å². The summed E-state index contributed by atoms with van der Waals surface area (Å²) in [6, 6.07) is 0.248. The lowest BCUT2D eigenvalue weighted by Crippen LogP contribution is -2.47. The minimum atomic E-state index is 0.102. The number of amides is 1. The average Bonchev–Trinajstić information content (AvgIpc) is 2.21. The quantitative estimate of drug-likeness (QED) is 0.703. The van der Waals surface area contributed by atoms with Crippen molar-refractivity contribution in [3.8, 4) is 0 Å². The molecule has 4 nitrogen and oxygen atoms in total. The highest BCUT2D eigenvalue weighted by Crippen LogP contribution is 2.42. The molecule has 1 rings (SSSR count). The van der Waals surface area contributed by atoms with Gasteiger partial charge in [-0.2, -0.15) is 0 Å². The topological polar surface area (TPSA) is 58.4 Å². The number of likely N-dealkylation sites (N-methyl/N-ethyl adjacent to an activating group) is 1. The van der Waals surface area contributed by atoms with Crippen LogP contribution in [0.4, 0.5) is 0 Å². The first-order valence-corrected chi connectivity index (χ1v) is 7.51. The van der Waals surface area contributed by atoms with Crippen molar-refractivity contribution >= 4 is 5.91 Å². The van der Waals surface area contributed by atoms with Gasteiger partial charge in [0, 0.05) is 19.0 Å². The van der Waals surface area contributed by atoms with Gasteiger partial charge in [0.05, 0.1) is 0 Å². The molecular formula is C15H31N3O. The van der Waals surface area contributed by atoms with Crippen molar-refractivity contribution < 1.29 is 4.79 Å². The number of hydrogen-bond acceptors (Lipinski definition) is 3. The fourth-order valence-corrected chi connectivity index (χ4v) is 2.94. The van der Waals surface area contributed by atoms with E-state index in [0.717, 1.165) is 25.8 Å². The molecule has 0 bridgehead atoms. The van der Waals surface area contributed by atoms with E-state index in [0.29, 0.717) is 18.9 Å². The second-order valence-corrected chi connectivity index (χ2v) is 6.89. The highest BCUT2D eigenvalue weighted by atomic mass is 16.1. The summed E-state index contributed by atoms with van der Waals surface area (Å²) in [5.41, 5.74) is 5.92. The number of rotatable bonds is 8. The molecule has 3 N–H and O–H groups in total. The summed E-state index contributed by atoms with van der Waals surface area (Å²) < 4.78 is 0. The van der Waals surface area contributed by atoms with E-state index >= 15 is 0 Å². The number of carbonyl (C=O) groups is 1. The van der Waals surface area contributed by atoms with Crippen molar-refractivity contribution in [3.05, 3.63) is 0 Å². The Kier molecular flexibility index (Phi) is 6.27. The molecule has 1 unspecified atom stereocenters. The van der Waals surface area contributed by atoms with Gasteiger partial charge in [-0.15, -0.1) is 0 Å². The number of carbonyl (C=O) groups excluding carboxylic acids is 1. The maximum atomic E-state index is 12.2. The van der Waals surface area contributed by atoms with Crippen LogP contribution >= 0.6 is 0 Å². The first kappa shape index (κ1) is 16.4. The Bertz CT molecular complexity index is 270. The molecule has 0 aliphatic heterocycles. The van der Waals surface area contributed by atoms with Gasteiger partial charge in [-0.05, 0) is 51.2 Å². The van der Waals surface area contributed by atoms with E-state index in [4.69, 9.17) is 5.73 Å². The fraction of sp³-hybridized carbons (Fsp3) is 0.933. The highest BCUT2D eigenvalue weighted by molar-refractivity contribution is 5.77. The van der Waals surface area contributed by atoms with Gasteiger partial charge in [0.25, 0.3) is 0 Å². The molecule has 1 saturated carbocycles. The number of nitrogens with one attached hydrogen (secondary N) is 1. The average molecular weight is 269 g/mol. The van der Waals surface area contributed by atoms with Crippen molar-refractivity contribution in [2.24, 2.45) is 17.1 Å².